The molecule has 0 bridgehead atoms. The minimum absolute atomic E-state index is 0.0251. The van der Waals surface area contributed by atoms with Crippen LogP contribution in [0.3, 0.4) is 0 Å². The molecule has 5 nitrogen and oxygen atoms in total. The van der Waals surface area contributed by atoms with E-state index in [0.29, 0.717) is 31.9 Å². The van der Waals surface area contributed by atoms with Crippen molar-refractivity contribution >= 4 is 10.0 Å². The lowest BCUT2D eigenvalue weighted by atomic mass is 10.1. The SMILES string of the molecule is Cc1cc(S(=O)(=O)N2CCC(CO)C2)ccc1OCc1ccccc1. The molecular formula is C19H23NO4S. The van der Waals surface area contributed by atoms with Crippen LogP contribution in [0.25, 0.3) is 0 Å². The monoisotopic (exact) mass is 361 g/mol. The number of aryl methyl sites for hydroxylation is 1. The van der Waals surface area contributed by atoms with Crippen LogP contribution in [0.2, 0.25) is 0 Å². The fraction of sp³-hybridized carbons (Fsp3) is 0.368. The van der Waals surface area contributed by atoms with Crippen LogP contribution in [0.1, 0.15) is 17.5 Å². The lowest BCUT2D eigenvalue weighted by Gasteiger charge is -2.17. The first kappa shape index (κ1) is 17.9. The van der Waals surface area contributed by atoms with E-state index in [0.717, 1.165) is 11.1 Å². The minimum atomic E-state index is -3.52. The van der Waals surface area contributed by atoms with Crippen molar-refractivity contribution in [3.63, 3.8) is 0 Å². The first-order valence-electron chi connectivity index (χ1n) is 8.39. The summed E-state index contributed by atoms with van der Waals surface area (Å²) >= 11 is 0. The summed E-state index contributed by atoms with van der Waals surface area (Å²) < 4.78 is 32.7. The van der Waals surface area contributed by atoms with Crippen molar-refractivity contribution in [3.8, 4) is 5.75 Å². The zero-order valence-corrected chi connectivity index (χ0v) is 15.1. The van der Waals surface area contributed by atoms with Gasteiger partial charge in [0.1, 0.15) is 12.4 Å². The van der Waals surface area contributed by atoms with Crippen LogP contribution in [0.15, 0.2) is 53.4 Å². The highest BCUT2D eigenvalue weighted by Crippen LogP contribution is 2.28. The molecule has 1 atom stereocenters. The Bertz CT molecular complexity index is 821. The highest BCUT2D eigenvalue weighted by molar-refractivity contribution is 7.89. The van der Waals surface area contributed by atoms with Crippen molar-refractivity contribution in [2.24, 2.45) is 5.92 Å². The molecule has 0 radical (unpaired) electrons. The van der Waals surface area contributed by atoms with Gasteiger partial charge in [-0.05, 0) is 48.6 Å². The molecule has 1 aliphatic rings. The molecule has 1 saturated heterocycles. The molecule has 1 N–H and O–H groups in total. The third-order valence-electron chi connectivity index (χ3n) is 4.53. The highest BCUT2D eigenvalue weighted by Gasteiger charge is 2.32. The van der Waals surface area contributed by atoms with Crippen molar-refractivity contribution in [1.82, 2.24) is 4.31 Å². The largest absolute Gasteiger partial charge is 0.489 e. The van der Waals surface area contributed by atoms with E-state index in [4.69, 9.17) is 4.74 Å². The third kappa shape index (κ3) is 4.03. The van der Waals surface area contributed by atoms with Gasteiger partial charge in [-0.3, -0.25) is 0 Å². The Morgan fingerprint density at radius 1 is 1.20 bits per heavy atom. The number of hydrogen-bond acceptors (Lipinski definition) is 4. The number of hydrogen-bond donors (Lipinski definition) is 1. The molecule has 1 heterocycles. The van der Waals surface area contributed by atoms with E-state index < -0.39 is 10.0 Å². The predicted octanol–water partition coefficient (Wildman–Crippen LogP) is 2.58. The van der Waals surface area contributed by atoms with Crippen LogP contribution in [0.5, 0.6) is 5.75 Å². The molecular weight excluding hydrogens is 338 g/mol. The Kier molecular flexibility index (Phi) is 5.42. The summed E-state index contributed by atoms with van der Waals surface area (Å²) in [6.45, 7) is 3.15. The maximum atomic E-state index is 12.7. The Morgan fingerprint density at radius 2 is 1.96 bits per heavy atom. The molecule has 0 spiro atoms. The number of aliphatic hydroxyl groups excluding tert-OH is 1. The van der Waals surface area contributed by atoms with Crippen LogP contribution < -0.4 is 4.74 Å². The van der Waals surface area contributed by atoms with Crippen molar-refractivity contribution in [2.75, 3.05) is 19.7 Å². The second kappa shape index (κ2) is 7.56. The number of sulfonamides is 1. The van der Waals surface area contributed by atoms with Crippen LogP contribution in [0.4, 0.5) is 0 Å². The van der Waals surface area contributed by atoms with Crippen LogP contribution >= 0.6 is 0 Å². The van der Waals surface area contributed by atoms with Gasteiger partial charge in [0.2, 0.25) is 10.0 Å². The lowest BCUT2D eigenvalue weighted by Crippen LogP contribution is -2.29. The van der Waals surface area contributed by atoms with Gasteiger partial charge < -0.3 is 9.84 Å². The standard InChI is InChI=1S/C19H23NO4S/c1-15-11-18(25(22,23)20-10-9-17(12-20)13-21)7-8-19(15)24-14-16-5-3-2-4-6-16/h2-8,11,17,21H,9-10,12-14H2,1H3. The summed E-state index contributed by atoms with van der Waals surface area (Å²) in [5.74, 6) is 0.710. The summed E-state index contributed by atoms with van der Waals surface area (Å²) in [6.07, 6.45) is 0.701. The minimum Gasteiger partial charge on any atom is -0.489 e. The first-order chi connectivity index (χ1) is 12.0. The van der Waals surface area contributed by atoms with E-state index in [1.165, 1.54) is 4.31 Å². The molecule has 6 heteroatoms. The molecule has 1 unspecified atom stereocenters. The molecule has 0 amide bonds. The second-order valence-electron chi connectivity index (χ2n) is 6.40. The van der Waals surface area contributed by atoms with Gasteiger partial charge in [0, 0.05) is 19.7 Å². The molecule has 134 valence electrons. The third-order valence-corrected chi connectivity index (χ3v) is 6.39. The molecule has 0 saturated carbocycles. The maximum absolute atomic E-state index is 12.7. The number of ether oxygens (including phenoxy) is 1. The Morgan fingerprint density at radius 3 is 2.60 bits per heavy atom. The van der Waals surface area contributed by atoms with Crippen LogP contribution in [-0.2, 0) is 16.6 Å². The van der Waals surface area contributed by atoms with Crippen molar-refractivity contribution in [2.45, 2.75) is 24.8 Å². The fourth-order valence-corrected chi connectivity index (χ4v) is 4.61. The lowest BCUT2D eigenvalue weighted by molar-refractivity contribution is 0.233. The molecule has 1 aliphatic heterocycles. The second-order valence-corrected chi connectivity index (χ2v) is 8.34. The molecule has 1 fully saturated rings. The normalized spacial score (nSPS) is 18.4. The van der Waals surface area contributed by atoms with E-state index in [1.54, 1.807) is 18.2 Å². The summed E-state index contributed by atoms with van der Waals surface area (Å²) in [4.78, 5) is 0.274. The average Bonchev–Trinajstić information content (AvgIpc) is 3.11. The van der Waals surface area contributed by atoms with Gasteiger partial charge in [-0.2, -0.15) is 4.31 Å². The summed E-state index contributed by atoms with van der Waals surface area (Å²) in [5.41, 5.74) is 1.85. The molecule has 2 aromatic carbocycles. The zero-order chi connectivity index (χ0) is 17.9. The van der Waals surface area contributed by atoms with Gasteiger partial charge >= 0.3 is 0 Å². The van der Waals surface area contributed by atoms with Gasteiger partial charge in [-0.25, -0.2) is 8.42 Å². The molecule has 3 rings (SSSR count). The predicted molar refractivity (Wildman–Crippen MR) is 95.9 cm³/mol. The Labute approximate surface area is 148 Å². The number of rotatable bonds is 6. The van der Waals surface area contributed by atoms with Gasteiger partial charge in [-0.1, -0.05) is 30.3 Å². The van der Waals surface area contributed by atoms with Crippen molar-refractivity contribution < 1.29 is 18.3 Å². The van der Waals surface area contributed by atoms with Gasteiger partial charge in [0.15, 0.2) is 0 Å². The Balaban J connectivity index is 1.73. The van der Waals surface area contributed by atoms with Crippen molar-refractivity contribution in [1.29, 1.82) is 0 Å². The summed E-state index contributed by atoms with van der Waals surface area (Å²) in [6, 6.07) is 14.8. The van der Waals surface area contributed by atoms with Crippen molar-refractivity contribution in [3.05, 3.63) is 59.7 Å². The molecule has 2 aromatic rings. The first-order valence-corrected chi connectivity index (χ1v) is 9.83. The van der Waals surface area contributed by atoms with E-state index >= 15 is 0 Å². The van der Waals surface area contributed by atoms with Crippen LogP contribution in [0, 0.1) is 12.8 Å². The number of nitrogens with zero attached hydrogens (tertiary/aromatic N) is 1. The zero-order valence-electron chi connectivity index (χ0n) is 14.3. The smallest absolute Gasteiger partial charge is 0.243 e. The highest BCUT2D eigenvalue weighted by atomic mass is 32.2. The summed E-state index contributed by atoms with van der Waals surface area (Å²) in [7, 11) is -3.52. The van der Waals surface area contributed by atoms with E-state index in [1.807, 2.05) is 37.3 Å². The number of aliphatic hydroxyl groups is 1. The van der Waals surface area contributed by atoms with Gasteiger partial charge in [-0.15, -0.1) is 0 Å². The number of benzene rings is 2. The quantitative estimate of drug-likeness (QED) is 0.859. The molecule has 25 heavy (non-hydrogen) atoms. The van der Waals surface area contributed by atoms with E-state index in [2.05, 4.69) is 0 Å². The molecule has 0 aliphatic carbocycles. The van der Waals surface area contributed by atoms with Gasteiger partial charge in [0.25, 0.3) is 0 Å². The molecule has 0 aromatic heterocycles. The van der Waals surface area contributed by atoms with E-state index in [9.17, 15) is 13.5 Å². The fourth-order valence-electron chi connectivity index (χ4n) is 2.99. The maximum Gasteiger partial charge on any atom is 0.243 e. The average molecular weight is 361 g/mol. The van der Waals surface area contributed by atoms with E-state index in [-0.39, 0.29) is 17.4 Å². The summed E-state index contributed by atoms with van der Waals surface area (Å²) in [5, 5.41) is 9.22. The topological polar surface area (TPSA) is 66.8 Å². The Hall–Kier alpha value is -1.89. The van der Waals surface area contributed by atoms with Crippen LogP contribution in [-0.4, -0.2) is 37.5 Å². The van der Waals surface area contributed by atoms with Gasteiger partial charge in [0.05, 0.1) is 4.90 Å².